The highest BCUT2D eigenvalue weighted by Gasteiger charge is 2.32. The van der Waals surface area contributed by atoms with Gasteiger partial charge in [0.1, 0.15) is 5.82 Å². The molecule has 1 aromatic heterocycles. The molecular weight excluding hydrogens is 264 g/mol. The van der Waals surface area contributed by atoms with Crippen LogP contribution in [0.5, 0.6) is 0 Å². The van der Waals surface area contributed by atoms with Gasteiger partial charge in [-0.1, -0.05) is 6.42 Å². The molecular formula is C12H16N4O4. The van der Waals surface area contributed by atoms with Crippen molar-refractivity contribution < 1.29 is 14.8 Å². The van der Waals surface area contributed by atoms with Crippen molar-refractivity contribution in [1.82, 2.24) is 4.98 Å². The highest BCUT2D eigenvalue weighted by molar-refractivity contribution is 5.70. The molecule has 8 heteroatoms. The number of carbonyl (C=O) groups is 1. The second-order valence-electron chi connectivity index (χ2n) is 4.87. The quantitative estimate of drug-likeness (QED) is 0.549. The predicted octanol–water partition coefficient (Wildman–Crippen LogP) is 1.48. The van der Waals surface area contributed by atoms with Crippen LogP contribution >= 0.6 is 0 Å². The van der Waals surface area contributed by atoms with E-state index in [1.165, 1.54) is 12.1 Å². The molecule has 0 radical (unpaired) electrons. The topological polar surface area (TPSA) is 131 Å². The average molecular weight is 280 g/mol. The Kier molecular flexibility index (Phi) is 4.02. The summed E-state index contributed by atoms with van der Waals surface area (Å²) in [6.07, 6.45) is 2.45. The molecule has 2 rings (SSSR count). The van der Waals surface area contributed by atoms with E-state index in [0.29, 0.717) is 18.8 Å². The minimum absolute atomic E-state index is 0.0470. The third kappa shape index (κ3) is 2.95. The molecule has 1 aromatic rings. The second kappa shape index (κ2) is 5.72. The van der Waals surface area contributed by atoms with Gasteiger partial charge in [0, 0.05) is 12.6 Å². The molecule has 1 fully saturated rings. The minimum atomic E-state index is -0.773. The first-order chi connectivity index (χ1) is 9.49. The summed E-state index contributed by atoms with van der Waals surface area (Å²) >= 11 is 0. The Labute approximate surface area is 115 Å². The molecule has 0 amide bonds. The van der Waals surface area contributed by atoms with Crippen LogP contribution in [0.3, 0.4) is 0 Å². The number of carboxylic acids is 1. The third-order valence-corrected chi connectivity index (χ3v) is 3.62. The lowest BCUT2D eigenvalue weighted by molar-refractivity contribution is -0.384. The lowest BCUT2D eigenvalue weighted by Crippen LogP contribution is -2.24. The Hall–Kier alpha value is -2.38. The van der Waals surface area contributed by atoms with Crippen LogP contribution in [0.2, 0.25) is 0 Å². The van der Waals surface area contributed by atoms with Gasteiger partial charge in [0.15, 0.2) is 0 Å². The second-order valence-corrected chi connectivity index (χ2v) is 4.87. The first-order valence-corrected chi connectivity index (χ1v) is 6.36. The summed E-state index contributed by atoms with van der Waals surface area (Å²) in [5.74, 6) is -0.792. The Morgan fingerprint density at radius 2 is 2.30 bits per heavy atom. The van der Waals surface area contributed by atoms with Crippen molar-refractivity contribution in [1.29, 1.82) is 0 Å². The zero-order valence-electron chi connectivity index (χ0n) is 10.8. The molecule has 1 saturated carbocycles. The summed E-state index contributed by atoms with van der Waals surface area (Å²) in [6, 6.07) is 2.76. The number of anilines is 2. The summed E-state index contributed by atoms with van der Waals surface area (Å²) in [4.78, 5) is 25.0. The van der Waals surface area contributed by atoms with Gasteiger partial charge in [0.2, 0.25) is 5.82 Å². The van der Waals surface area contributed by atoms with Crippen molar-refractivity contribution in [3.05, 3.63) is 22.2 Å². The molecule has 1 heterocycles. The number of nitrogen functional groups attached to an aromatic ring is 1. The molecule has 108 valence electrons. The fraction of sp³-hybridized carbons (Fsp3) is 0.500. The maximum atomic E-state index is 11.1. The van der Waals surface area contributed by atoms with E-state index in [1.807, 2.05) is 0 Å². The molecule has 1 aliphatic rings. The largest absolute Gasteiger partial charge is 0.481 e. The number of hydrogen-bond donors (Lipinski definition) is 3. The van der Waals surface area contributed by atoms with E-state index in [9.17, 15) is 14.9 Å². The van der Waals surface area contributed by atoms with Crippen LogP contribution < -0.4 is 11.1 Å². The Balaban J connectivity index is 1.99. The zero-order chi connectivity index (χ0) is 14.7. The SMILES string of the molecule is Nc1nc(NCC2CCCC2C(=O)O)ccc1[N+](=O)[O-]. The molecule has 2 atom stereocenters. The van der Waals surface area contributed by atoms with Crippen LogP contribution in [0, 0.1) is 22.0 Å². The van der Waals surface area contributed by atoms with E-state index in [0.717, 1.165) is 12.8 Å². The van der Waals surface area contributed by atoms with Gasteiger partial charge in [-0.15, -0.1) is 0 Å². The molecule has 0 aromatic carbocycles. The van der Waals surface area contributed by atoms with E-state index in [2.05, 4.69) is 10.3 Å². The van der Waals surface area contributed by atoms with E-state index in [1.54, 1.807) is 0 Å². The van der Waals surface area contributed by atoms with Gasteiger partial charge in [-0.2, -0.15) is 0 Å². The molecule has 20 heavy (non-hydrogen) atoms. The molecule has 0 spiro atoms. The molecule has 4 N–H and O–H groups in total. The van der Waals surface area contributed by atoms with E-state index in [-0.39, 0.29) is 23.3 Å². The van der Waals surface area contributed by atoms with E-state index in [4.69, 9.17) is 10.8 Å². The molecule has 2 unspecified atom stereocenters. The standard InChI is InChI=1S/C12H16N4O4/c13-11-9(16(19)20)4-5-10(15-11)14-6-7-2-1-3-8(7)12(17)18/h4-5,7-8H,1-3,6H2,(H,17,18)(H3,13,14,15). The zero-order valence-corrected chi connectivity index (χ0v) is 10.8. The van der Waals surface area contributed by atoms with Gasteiger partial charge in [0.25, 0.3) is 0 Å². The number of hydrogen-bond acceptors (Lipinski definition) is 6. The summed E-state index contributed by atoms with van der Waals surface area (Å²) in [6.45, 7) is 0.473. The number of pyridine rings is 1. The first kappa shape index (κ1) is 14.0. The maximum Gasteiger partial charge on any atom is 0.311 e. The van der Waals surface area contributed by atoms with Gasteiger partial charge in [-0.05, 0) is 24.8 Å². The van der Waals surface area contributed by atoms with E-state index < -0.39 is 10.9 Å². The number of nitrogens with two attached hydrogens (primary N) is 1. The predicted molar refractivity (Wildman–Crippen MR) is 72.3 cm³/mol. The summed E-state index contributed by atoms with van der Waals surface area (Å²) in [5.41, 5.74) is 5.26. The van der Waals surface area contributed by atoms with Crippen molar-refractivity contribution in [2.75, 3.05) is 17.6 Å². The van der Waals surface area contributed by atoms with Gasteiger partial charge < -0.3 is 16.2 Å². The van der Waals surface area contributed by atoms with Crippen molar-refractivity contribution >= 4 is 23.3 Å². The van der Waals surface area contributed by atoms with E-state index >= 15 is 0 Å². The van der Waals surface area contributed by atoms with Crippen LogP contribution in [-0.2, 0) is 4.79 Å². The minimum Gasteiger partial charge on any atom is -0.481 e. The fourth-order valence-electron chi connectivity index (χ4n) is 2.56. The molecule has 1 aliphatic carbocycles. The van der Waals surface area contributed by atoms with Crippen LogP contribution in [-0.4, -0.2) is 27.5 Å². The summed E-state index contributed by atoms with van der Waals surface area (Å²) in [5, 5.41) is 22.7. The van der Waals surface area contributed by atoms with Crippen LogP contribution in [0.25, 0.3) is 0 Å². The van der Waals surface area contributed by atoms with Crippen LogP contribution in [0.15, 0.2) is 12.1 Å². The molecule has 0 aliphatic heterocycles. The molecule has 8 nitrogen and oxygen atoms in total. The van der Waals surface area contributed by atoms with Gasteiger partial charge >= 0.3 is 11.7 Å². The number of rotatable bonds is 5. The van der Waals surface area contributed by atoms with Crippen LogP contribution in [0.1, 0.15) is 19.3 Å². The monoisotopic (exact) mass is 280 g/mol. The van der Waals surface area contributed by atoms with Crippen LogP contribution in [0.4, 0.5) is 17.3 Å². The fourth-order valence-corrected chi connectivity index (χ4v) is 2.56. The Bertz CT molecular complexity index is 534. The highest BCUT2D eigenvalue weighted by Crippen LogP contribution is 2.32. The number of aliphatic carboxylic acids is 1. The number of nitrogens with one attached hydrogen (secondary N) is 1. The lowest BCUT2D eigenvalue weighted by Gasteiger charge is -2.16. The number of carboxylic acid groups (broad SMARTS) is 1. The number of nitrogens with zero attached hydrogens (tertiary/aromatic N) is 2. The van der Waals surface area contributed by atoms with Gasteiger partial charge in [-0.25, -0.2) is 4.98 Å². The normalized spacial score (nSPS) is 21.6. The Morgan fingerprint density at radius 1 is 1.55 bits per heavy atom. The summed E-state index contributed by atoms with van der Waals surface area (Å²) < 4.78 is 0. The highest BCUT2D eigenvalue weighted by atomic mass is 16.6. The van der Waals surface area contributed by atoms with Gasteiger partial charge in [0.05, 0.1) is 10.8 Å². The maximum absolute atomic E-state index is 11.1. The number of nitro groups is 1. The van der Waals surface area contributed by atoms with Gasteiger partial charge in [-0.3, -0.25) is 14.9 Å². The first-order valence-electron chi connectivity index (χ1n) is 6.36. The third-order valence-electron chi connectivity index (χ3n) is 3.62. The lowest BCUT2D eigenvalue weighted by atomic mass is 9.96. The smallest absolute Gasteiger partial charge is 0.311 e. The average Bonchev–Trinajstić information content (AvgIpc) is 2.84. The van der Waals surface area contributed by atoms with Crippen molar-refractivity contribution in [3.63, 3.8) is 0 Å². The van der Waals surface area contributed by atoms with Crippen molar-refractivity contribution in [3.8, 4) is 0 Å². The van der Waals surface area contributed by atoms with Crippen molar-refractivity contribution in [2.45, 2.75) is 19.3 Å². The molecule has 0 saturated heterocycles. The molecule has 0 bridgehead atoms. The van der Waals surface area contributed by atoms with Crippen molar-refractivity contribution in [2.24, 2.45) is 11.8 Å². The summed E-state index contributed by atoms with van der Waals surface area (Å²) in [7, 11) is 0. The number of aromatic nitrogens is 1. The Morgan fingerprint density at radius 3 is 2.90 bits per heavy atom.